The summed E-state index contributed by atoms with van der Waals surface area (Å²) >= 11 is 3.30. The highest BCUT2D eigenvalue weighted by Crippen LogP contribution is 2.24. The topological polar surface area (TPSA) is 86.0 Å². The van der Waals surface area contributed by atoms with Crippen molar-refractivity contribution in [2.24, 2.45) is 0 Å². The van der Waals surface area contributed by atoms with Crippen LogP contribution < -0.4 is 5.32 Å². The van der Waals surface area contributed by atoms with Crippen LogP contribution in [-0.4, -0.2) is 16.1 Å². The number of rotatable bonds is 4. The van der Waals surface area contributed by atoms with Gasteiger partial charge < -0.3 is 10.4 Å². The molecule has 1 aromatic carbocycles. The Hall–Kier alpha value is -2.39. The van der Waals surface area contributed by atoms with Crippen LogP contribution in [0.15, 0.2) is 34.8 Å². The molecule has 0 saturated carbocycles. The smallest absolute Gasteiger partial charge is 0.335 e. The first-order valence-corrected chi connectivity index (χ1v) is 7.03. The molecule has 2 aromatic rings. The average molecular weight is 346 g/mol. The lowest BCUT2D eigenvalue weighted by Gasteiger charge is -2.10. The van der Waals surface area contributed by atoms with Crippen molar-refractivity contribution in [3.63, 3.8) is 0 Å². The van der Waals surface area contributed by atoms with Gasteiger partial charge in [0.05, 0.1) is 16.8 Å². The number of anilines is 2. The summed E-state index contributed by atoms with van der Waals surface area (Å²) in [6, 6.07) is 10.3. The van der Waals surface area contributed by atoms with Crippen LogP contribution in [0.25, 0.3) is 0 Å². The Morgan fingerprint density at radius 2 is 2.19 bits per heavy atom. The molecule has 2 rings (SSSR count). The number of carboxylic acids is 1. The lowest BCUT2D eigenvalue weighted by Crippen LogP contribution is -2.04. The third-order valence-corrected chi connectivity index (χ3v) is 3.35. The second-order valence-electron chi connectivity index (χ2n) is 4.32. The Morgan fingerprint density at radius 3 is 2.81 bits per heavy atom. The van der Waals surface area contributed by atoms with Crippen molar-refractivity contribution in [3.05, 3.63) is 51.6 Å². The summed E-state index contributed by atoms with van der Waals surface area (Å²) in [5, 5.41) is 21.3. The number of nitrogens with zero attached hydrogens (tertiary/aromatic N) is 2. The fraction of sp³-hybridized carbons (Fsp3) is 0.133. The quantitative estimate of drug-likeness (QED) is 0.881. The third-order valence-electron chi connectivity index (χ3n) is 2.85. The number of hydrogen-bond donors (Lipinski definition) is 2. The van der Waals surface area contributed by atoms with E-state index in [0.717, 1.165) is 4.47 Å². The van der Waals surface area contributed by atoms with Crippen LogP contribution >= 0.6 is 15.9 Å². The van der Waals surface area contributed by atoms with Crippen molar-refractivity contribution >= 4 is 33.4 Å². The van der Waals surface area contributed by atoms with Gasteiger partial charge >= 0.3 is 5.97 Å². The highest BCUT2D eigenvalue weighted by molar-refractivity contribution is 9.10. The highest BCUT2D eigenvalue weighted by Gasteiger charge is 2.10. The SMILES string of the molecule is CCc1cc(C(=O)O)cc(Nc2ccc(Br)cc2C#N)n1. The first-order chi connectivity index (χ1) is 10.0. The summed E-state index contributed by atoms with van der Waals surface area (Å²) in [5.41, 5.74) is 1.87. The molecule has 0 amide bonds. The van der Waals surface area contributed by atoms with Crippen LogP contribution in [0, 0.1) is 11.3 Å². The molecule has 0 aliphatic rings. The van der Waals surface area contributed by atoms with E-state index < -0.39 is 5.97 Å². The number of nitriles is 1. The number of hydrogen-bond acceptors (Lipinski definition) is 4. The molecule has 0 spiro atoms. The number of aryl methyl sites for hydroxylation is 1. The highest BCUT2D eigenvalue weighted by atomic mass is 79.9. The van der Waals surface area contributed by atoms with Crippen LogP contribution in [0.5, 0.6) is 0 Å². The maximum atomic E-state index is 11.1. The Labute approximate surface area is 130 Å². The molecule has 1 aromatic heterocycles. The van der Waals surface area contributed by atoms with E-state index in [1.54, 1.807) is 24.3 Å². The zero-order chi connectivity index (χ0) is 15.4. The van der Waals surface area contributed by atoms with Gasteiger partial charge in [0, 0.05) is 10.2 Å². The lowest BCUT2D eigenvalue weighted by atomic mass is 10.1. The van der Waals surface area contributed by atoms with Gasteiger partial charge in [0.25, 0.3) is 0 Å². The molecular formula is C15H12BrN3O2. The Balaban J connectivity index is 2.42. The predicted octanol–water partition coefficient (Wildman–Crippen LogP) is 3.72. The lowest BCUT2D eigenvalue weighted by molar-refractivity contribution is 0.0696. The second kappa shape index (κ2) is 6.37. The van der Waals surface area contributed by atoms with Crippen LogP contribution in [0.4, 0.5) is 11.5 Å². The van der Waals surface area contributed by atoms with E-state index in [0.29, 0.717) is 29.2 Å². The number of halogens is 1. The minimum Gasteiger partial charge on any atom is -0.478 e. The number of carboxylic acid groups (broad SMARTS) is 1. The number of pyridine rings is 1. The molecule has 0 saturated heterocycles. The Morgan fingerprint density at radius 1 is 1.43 bits per heavy atom. The van der Waals surface area contributed by atoms with Crippen molar-refractivity contribution in [2.75, 3.05) is 5.32 Å². The van der Waals surface area contributed by atoms with Crippen molar-refractivity contribution < 1.29 is 9.90 Å². The van der Waals surface area contributed by atoms with Gasteiger partial charge in [0.15, 0.2) is 0 Å². The molecule has 2 N–H and O–H groups in total. The van der Waals surface area contributed by atoms with Gasteiger partial charge in [0.2, 0.25) is 0 Å². The molecule has 0 aliphatic heterocycles. The Bertz CT molecular complexity index is 738. The van der Waals surface area contributed by atoms with E-state index in [1.165, 1.54) is 6.07 Å². The standard InChI is InChI=1S/C15H12BrN3O2/c1-2-12-6-9(15(20)21)7-14(18-12)19-13-4-3-11(16)5-10(13)8-17/h3-7H,2H2,1H3,(H,18,19)(H,20,21). The first kappa shape index (κ1) is 15.0. The van der Waals surface area contributed by atoms with Crippen molar-refractivity contribution in [1.82, 2.24) is 4.98 Å². The molecule has 0 radical (unpaired) electrons. The molecule has 106 valence electrons. The molecule has 6 heteroatoms. The monoisotopic (exact) mass is 345 g/mol. The number of aromatic nitrogens is 1. The van der Waals surface area contributed by atoms with Gasteiger partial charge in [-0.3, -0.25) is 0 Å². The van der Waals surface area contributed by atoms with Crippen LogP contribution in [0.2, 0.25) is 0 Å². The largest absolute Gasteiger partial charge is 0.478 e. The number of nitrogens with one attached hydrogen (secondary N) is 1. The molecule has 5 nitrogen and oxygen atoms in total. The summed E-state index contributed by atoms with van der Waals surface area (Å²) < 4.78 is 0.797. The van der Waals surface area contributed by atoms with Crippen molar-refractivity contribution in [2.45, 2.75) is 13.3 Å². The minimum absolute atomic E-state index is 0.167. The van der Waals surface area contributed by atoms with E-state index in [-0.39, 0.29) is 5.56 Å². The van der Waals surface area contributed by atoms with Gasteiger partial charge in [0.1, 0.15) is 11.9 Å². The van der Waals surface area contributed by atoms with Gasteiger partial charge in [-0.2, -0.15) is 5.26 Å². The molecule has 0 aliphatic carbocycles. The maximum Gasteiger partial charge on any atom is 0.335 e. The summed E-state index contributed by atoms with van der Waals surface area (Å²) in [7, 11) is 0. The number of aromatic carboxylic acids is 1. The fourth-order valence-electron chi connectivity index (χ4n) is 1.81. The van der Waals surface area contributed by atoms with Gasteiger partial charge in [-0.15, -0.1) is 0 Å². The average Bonchev–Trinajstić information content (AvgIpc) is 2.48. The summed E-state index contributed by atoms with van der Waals surface area (Å²) in [6.07, 6.45) is 0.626. The zero-order valence-corrected chi connectivity index (χ0v) is 12.8. The fourth-order valence-corrected chi connectivity index (χ4v) is 2.17. The number of benzene rings is 1. The van der Waals surface area contributed by atoms with E-state index >= 15 is 0 Å². The Kier molecular flexibility index (Phi) is 4.55. The summed E-state index contributed by atoms with van der Waals surface area (Å²) in [6.45, 7) is 1.90. The summed E-state index contributed by atoms with van der Waals surface area (Å²) in [4.78, 5) is 15.5. The van der Waals surface area contributed by atoms with E-state index in [9.17, 15) is 4.79 Å². The van der Waals surface area contributed by atoms with Crippen LogP contribution in [-0.2, 0) is 6.42 Å². The van der Waals surface area contributed by atoms with Crippen molar-refractivity contribution in [3.8, 4) is 6.07 Å². The van der Waals surface area contributed by atoms with Gasteiger partial charge in [-0.25, -0.2) is 9.78 Å². The van der Waals surface area contributed by atoms with Crippen LogP contribution in [0.3, 0.4) is 0 Å². The summed E-state index contributed by atoms with van der Waals surface area (Å²) in [5.74, 6) is -0.600. The van der Waals surface area contributed by atoms with Crippen LogP contribution in [0.1, 0.15) is 28.5 Å². The second-order valence-corrected chi connectivity index (χ2v) is 5.23. The van der Waals surface area contributed by atoms with E-state index in [2.05, 4.69) is 32.3 Å². The zero-order valence-electron chi connectivity index (χ0n) is 11.2. The molecule has 0 atom stereocenters. The predicted molar refractivity (Wildman–Crippen MR) is 82.7 cm³/mol. The molecule has 1 heterocycles. The first-order valence-electron chi connectivity index (χ1n) is 6.24. The minimum atomic E-state index is -1.01. The molecule has 0 unspecified atom stereocenters. The maximum absolute atomic E-state index is 11.1. The van der Waals surface area contributed by atoms with Crippen molar-refractivity contribution in [1.29, 1.82) is 5.26 Å². The normalized spacial score (nSPS) is 9.95. The molecular weight excluding hydrogens is 334 g/mol. The molecule has 0 fully saturated rings. The van der Waals surface area contributed by atoms with E-state index in [1.807, 2.05) is 6.92 Å². The third kappa shape index (κ3) is 3.58. The van der Waals surface area contributed by atoms with Gasteiger partial charge in [-0.1, -0.05) is 22.9 Å². The molecule has 21 heavy (non-hydrogen) atoms. The van der Waals surface area contributed by atoms with Gasteiger partial charge in [-0.05, 0) is 36.8 Å². The number of carbonyl (C=O) groups is 1. The molecule has 0 bridgehead atoms. The van der Waals surface area contributed by atoms with E-state index in [4.69, 9.17) is 10.4 Å².